The van der Waals surface area contributed by atoms with Crippen LogP contribution < -0.4 is 5.32 Å². The normalized spacial score (nSPS) is 24.6. The Morgan fingerprint density at radius 1 is 1.53 bits per heavy atom. The molecule has 2 unspecified atom stereocenters. The molecule has 1 aromatic heterocycles. The van der Waals surface area contributed by atoms with Crippen LogP contribution in [0, 0.1) is 0 Å². The lowest BCUT2D eigenvalue weighted by Crippen LogP contribution is -2.15. The summed E-state index contributed by atoms with van der Waals surface area (Å²) < 4.78 is 6.54. The molecule has 3 rings (SSSR count). The van der Waals surface area contributed by atoms with Crippen LogP contribution in [0.15, 0.2) is 18.2 Å². The molecule has 2 heterocycles. The average Bonchev–Trinajstić information content (AvgIpc) is 2.93. The highest BCUT2D eigenvalue weighted by molar-refractivity contribution is 7.18. The summed E-state index contributed by atoms with van der Waals surface area (Å²) in [5.41, 5.74) is 0.986. The molecule has 17 heavy (non-hydrogen) atoms. The Bertz CT molecular complexity index is 542. The van der Waals surface area contributed by atoms with Gasteiger partial charge in [0.15, 0.2) is 0 Å². The third-order valence-electron chi connectivity index (χ3n) is 3.09. The summed E-state index contributed by atoms with van der Waals surface area (Å²) in [6.45, 7) is 0.901. The lowest BCUT2D eigenvalue weighted by molar-refractivity contribution is 0.117. The summed E-state index contributed by atoms with van der Waals surface area (Å²) in [6, 6.07) is 6.17. The van der Waals surface area contributed by atoms with Crippen molar-refractivity contribution in [3.63, 3.8) is 0 Å². The molecule has 5 heteroatoms. The first-order valence-corrected chi connectivity index (χ1v) is 6.78. The van der Waals surface area contributed by atoms with Crippen LogP contribution in [0.1, 0.15) is 17.5 Å². The molecule has 0 amide bonds. The molecule has 1 saturated heterocycles. The highest BCUT2D eigenvalue weighted by Crippen LogP contribution is 2.32. The van der Waals surface area contributed by atoms with Crippen molar-refractivity contribution in [2.75, 3.05) is 13.7 Å². The molecular weight excluding hydrogens is 256 g/mol. The molecule has 2 aromatic rings. The molecule has 1 aromatic carbocycles. The standard InChI is InChI=1S/C12H13ClN2OS/c1-16-8-5-10(14-6-8)12-15-9-4-7(13)2-3-11(9)17-12/h2-4,8,10,14H,5-6H2,1H3. The van der Waals surface area contributed by atoms with E-state index in [1.807, 2.05) is 18.2 Å². The van der Waals surface area contributed by atoms with Crippen molar-refractivity contribution in [3.8, 4) is 0 Å². The average molecular weight is 269 g/mol. The largest absolute Gasteiger partial charge is 0.380 e. The van der Waals surface area contributed by atoms with E-state index in [0.29, 0.717) is 12.1 Å². The number of nitrogens with one attached hydrogen (secondary N) is 1. The van der Waals surface area contributed by atoms with Crippen molar-refractivity contribution in [1.29, 1.82) is 0 Å². The predicted molar refractivity (Wildman–Crippen MR) is 70.8 cm³/mol. The number of benzene rings is 1. The quantitative estimate of drug-likeness (QED) is 0.909. The first kappa shape index (κ1) is 11.4. The van der Waals surface area contributed by atoms with Crippen molar-refractivity contribution in [2.24, 2.45) is 0 Å². The highest BCUT2D eigenvalue weighted by atomic mass is 35.5. The third-order valence-corrected chi connectivity index (χ3v) is 4.47. The van der Waals surface area contributed by atoms with Gasteiger partial charge in [0, 0.05) is 18.7 Å². The topological polar surface area (TPSA) is 34.1 Å². The van der Waals surface area contributed by atoms with Gasteiger partial charge < -0.3 is 10.1 Å². The number of fused-ring (bicyclic) bond motifs is 1. The van der Waals surface area contributed by atoms with Gasteiger partial charge in [-0.2, -0.15) is 0 Å². The SMILES string of the molecule is COC1CNC(c2nc3cc(Cl)ccc3s2)C1. The van der Waals surface area contributed by atoms with Gasteiger partial charge in [-0.1, -0.05) is 11.6 Å². The van der Waals surface area contributed by atoms with E-state index in [2.05, 4.69) is 10.3 Å². The van der Waals surface area contributed by atoms with Crippen LogP contribution in [-0.4, -0.2) is 24.7 Å². The van der Waals surface area contributed by atoms with Crippen molar-refractivity contribution < 1.29 is 4.74 Å². The van der Waals surface area contributed by atoms with E-state index in [4.69, 9.17) is 16.3 Å². The fourth-order valence-corrected chi connectivity index (χ4v) is 3.34. The molecule has 1 aliphatic rings. The number of ether oxygens (including phenoxy) is 1. The zero-order valence-corrected chi connectivity index (χ0v) is 11.0. The summed E-state index contributed by atoms with van der Waals surface area (Å²) >= 11 is 7.69. The number of nitrogens with zero attached hydrogens (tertiary/aromatic N) is 1. The minimum atomic E-state index is 0.301. The fraction of sp³-hybridized carbons (Fsp3) is 0.417. The Morgan fingerprint density at radius 2 is 2.41 bits per heavy atom. The van der Waals surface area contributed by atoms with Gasteiger partial charge in [-0.15, -0.1) is 11.3 Å². The fourth-order valence-electron chi connectivity index (χ4n) is 2.14. The minimum Gasteiger partial charge on any atom is -0.380 e. The van der Waals surface area contributed by atoms with Crippen molar-refractivity contribution in [1.82, 2.24) is 10.3 Å². The second-order valence-corrected chi connectivity index (χ2v) is 5.72. The maximum atomic E-state index is 5.96. The molecule has 0 saturated carbocycles. The Morgan fingerprint density at radius 3 is 3.18 bits per heavy atom. The van der Waals surface area contributed by atoms with Gasteiger partial charge in [0.2, 0.25) is 0 Å². The van der Waals surface area contributed by atoms with Crippen LogP contribution in [0.4, 0.5) is 0 Å². The van der Waals surface area contributed by atoms with E-state index in [-0.39, 0.29) is 0 Å². The summed E-state index contributed by atoms with van der Waals surface area (Å²) in [7, 11) is 1.76. The van der Waals surface area contributed by atoms with Crippen molar-refractivity contribution in [2.45, 2.75) is 18.6 Å². The summed E-state index contributed by atoms with van der Waals surface area (Å²) in [5, 5.41) is 5.31. The van der Waals surface area contributed by atoms with E-state index < -0.39 is 0 Å². The number of rotatable bonds is 2. The molecule has 2 atom stereocenters. The van der Waals surface area contributed by atoms with Crippen LogP contribution in [0.2, 0.25) is 5.02 Å². The van der Waals surface area contributed by atoms with Crippen molar-refractivity contribution in [3.05, 3.63) is 28.2 Å². The molecule has 0 bridgehead atoms. The van der Waals surface area contributed by atoms with Crippen LogP contribution >= 0.6 is 22.9 Å². The van der Waals surface area contributed by atoms with Gasteiger partial charge in [-0.05, 0) is 24.6 Å². The van der Waals surface area contributed by atoms with Crippen LogP contribution in [0.5, 0.6) is 0 Å². The number of methoxy groups -OCH3 is 1. The van der Waals surface area contributed by atoms with Gasteiger partial charge in [0.1, 0.15) is 5.01 Å². The molecule has 1 fully saturated rings. The van der Waals surface area contributed by atoms with E-state index in [9.17, 15) is 0 Å². The van der Waals surface area contributed by atoms with Crippen LogP contribution in [0.25, 0.3) is 10.2 Å². The Labute approximate surface area is 109 Å². The minimum absolute atomic E-state index is 0.301. The first-order chi connectivity index (χ1) is 8.26. The predicted octanol–water partition coefficient (Wildman–Crippen LogP) is 3.00. The number of hydrogen-bond donors (Lipinski definition) is 1. The molecule has 1 N–H and O–H groups in total. The lowest BCUT2D eigenvalue weighted by atomic mass is 10.2. The van der Waals surface area contributed by atoms with Gasteiger partial charge in [0.05, 0.1) is 22.4 Å². The Hall–Kier alpha value is -0.680. The molecule has 90 valence electrons. The zero-order chi connectivity index (χ0) is 11.8. The molecule has 0 spiro atoms. The second kappa shape index (κ2) is 4.53. The molecule has 0 radical (unpaired) electrons. The number of halogens is 1. The zero-order valence-electron chi connectivity index (χ0n) is 9.44. The molecule has 3 nitrogen and oxygen atoms in total. The number of thiazole rings is 1. The maximum Gasteiger partial charge on any atom is 0.111 e. The lowest BCUT2D eigenvalue weighted by Gasteiger charge is -2.05. The van der Waals surface area contributed by atoms with Gasteiger partial charge >= 0.3 is 0 Å². The van der Waals surface area contributed by atoms with Crippen molar-refractivity contribution >= 4 is 33.2 Å². The van der Waals surface area contributed by atoms with Gasteiger partial charge in [-0.25, -0.2) is 4.98 Å². The van der Waals surface area contributed by atoms with E-state index in [1.54, 1.807) is 18.4 Å². The third kappa shape index (κ3) is 2.18. The number of hydrogen-bond acceptors (Lipinski definition) is 4. The number of aromatic nitrogens is 1. The maximum absolute atomic E-state index is 5.96. The van der Waals surface area contributed by atoms with Crippen LogP contribution in [-0.2, 0) is 4.74 Å². The molecule has 1 aliphatic heterocycles. The second-order valence-electron chi connectivity index (χ2n) is 4.22. The van der Waals surface area contributed by atoms with Gasteiger partial charge in [-0.3, -0.25) is 0 Å². The monoisotopic (exact) mass is 268 g/mol. The summed E-state index contributed by atoms with van der Waals surface area (Å²) in [5.74, 6) is 0. The summed E-state index contributed by atoms with van der Waals surface area (Å²) in [4.78, 5) is 4.64. The van der Waals surface area contributed by atoms with E-state index in [1.165, 1.54) is 4.70 Å². The highest BCUT2D eigenvalue weighted by Gasteiger charge is 2.27. The first-order valence-electron chi connectivity index (χ1n) is 5.58. The smallest absolute Gasteiger partial charge is 0.111 e. The van der Waals surface area contributed by atoms with Crippen LogP contribution in [0.3, 0.4) is 0 Å². The Kier molecular flexibility index (Phi) is 3.04. The van der Waals surface area contributed by atoms with Gasteiger partial charge in [0.25, 0.3) is 0 Å². The van der Waals surface area contributed by atoms with E-state index in [0.717, 1.165) is 28.5 Å². The molecular formula is C12H13ClN2OS. The van der Waals surface area contributed by atoms with E-state index >= 15 is 0 Å². The molecule has 0 aliphatic carbocycles. The Balaban J connectivity index is 1.91. The summed E-state index contributed by atoms with van der Waals surface area (Å²) in [6.07, 6.45) is 1.29.